The fourth-order valence-electron chi connectivity index (χ4n) is 1.70. The first-order valence-corrected chi connectivity index (χ1v) is 6.22. The van der Waals surface area contributed by atoms with Crippen LogP contribution in [0.15, 0.2) is 30.5 Å². The van der Waals surface area contributed by atoms with Crippen molar-refractivity contribution in [1.29, 1.82) is 0 Å². The van der Waals surface area contributed by atoms with Crippen LogP contribution in [-0.4, -0.2) is 22.1 Å². The van der Waals surface area contributed by atoms with Gasteiger partial charge in [-0.2, -0.15) is 5.10 Å². The molecule has 2 N–H and O–H groups in total. The van der Waals surface area contributed by atoms with Gasteiger partial charge in [0, 0.05) is 11.6 Å². The van der Waals surface area contributed by atoms with E-state index in [1.165, 1.54) is 18.3 Å². The van der Waals surface area contributed by atoms with Gasteiger partial charge in [-0.1, -0.05) is 6.92 Å². The number of carbonyl (C=O) groups excluding carboxylic acids is 1. The number of halogens is 1. The van der Waals surface area contributed by atoms with Gasteiger partial charge in [-0.05, 0) is 37.6 Å². The fraction of sp³-hybridized carbons (Fsp3) is 0.286. The zero-order valence-electron chi connectivity index (χ0n) is 10.9. The topological polar surface area (TPSA) is 57.8 Å². The molecular weight excluding hydrogens is 245 g/mol. The van der Waals surface area contributed by atoms with Crippen LogP contribution in [0.4, 0.5) is 4.39 Å². The van der Waals surface area contributed by atoms with Crippen molar-refractivity contribution in [2.24, 2.45) is 0 Å². The van der Waals surface area contributed by atoms with E-state index in [9.17, 15) is 9.18 Å². The number of nitrogens with zero attached hydrogens (tertiary/aromatic N) is 1. The average molecular weight is 261 g/mol. The van der Waals surface area contributed by atoms with E-state index < -0.39 is 0 Å². The monoisotopic (exact) mass is 261 g/mol. The highest BCUT2D eigenvalue weighted by Gasteiger charge is 2.16. The molecule has 0 aliphatic carbocycles. The van der Waals surface area contributed by atoms with Crippen LogP contribution in [0.25, 0.3) is 11.3 Å². The van der Waals surface area contributed by atoms with E-state index in [2.05, 4.69) is 15.5 Å². The number of aromatic amines is 1. The molecular formula is C14H16FN3O. The molecule has 0 bridgehead atoms. The number of carbonyl (C=O) groups is 1. The molecule has 0 aliphatic rings. The Morgan fingerprint density at radius 2 is 2.11 bits per heavy atom. The van der Waals surface area contributed by atoms with Gasteiger partial charge in [-0.15, -0.1) is 0 Å². The molecule has 0 saturated carbocycles. The van der Waals surface area contributed by atoms with Crippen LogP contribution in [0.2, 0.25) is 0 Å². The Morgan fingerprint density at radius 3 is 2.74 bits per heavy atom. The van der Waals surface area contributed by atoms with Crippen molar-refractivity contribution in [1.82, 2.24) is 15.5 Å². The summed E-state index contributed by atoms with van der Waals surface area (Å²) >= 11 is 0. The van der Waals surface area contributed by atoms with Crippen LogP contribution in [0.5, 0.6) is 0 Å². The predicted octanol–water partition coefficient (Wildman–Crippen LogP) is 2.74. The van der Waals surface area contributed by atoms with Gasteiger partial charge >= 0.3 is 0 Å². The first-order valence-electron chi connectivity index (χ1n) is 6.22. The standard InChI is InChI=1S/C14H16FN3O/c1-3-9(2)17-14(19)12-8-16-18-13(12)10-4-6-11(15)7-5-10/h4-9H,3H2,1-2H3,(H,16,18)(H,17,19). The quantitative estimate of drug-likeness (QED) is 0.889. The van der Waals surface area contributed by atoms with Crippen LogP contribution in [-0.2, 0) is 0 Å². The molecule has 1 aromatic carbocycles. The maximum Gasteiger partial charge on any atom is 0.255 e. The Hall–Kier alpha value is -2.17. The molecule has 0 spiro atoms. The van der Waals surface area contributed by atoms with Crippen LogP contribution in [0, 0.1) is 5.82 Å². The number of aromatic nitrogens is 2. The molecule has 0 saturated heterocycles. The summed E-state index contributed by atoms with van der Waals surface area (Å²) in [6.07, 6.45) is 2.34. The third-order valence-electron chi connectivity index (χ3n) is 3.01. The second-order valence-corrected chi connectivity index (χ2v) is 4.45. The zero-order valence-corrected chi connectivity index (χ0v) is 10.9. The molecule has 0 fully saturated rings. The van der Waals surface area contributed by atoms with Gasteiger partial charge in [0.15, 0.2) is 0 Å². The van der Waals surface area contributed by atoms with Crippen LogP contribution >= 0.6 is 0 Å². The molecule has 1 atom stereocenters. The first-order chi connectivity index (χ1) is 9.11. The molecule has 1 amide bonds. The van der Waals surface area contributed by atoms with Gasteiger partial charge in [0.05, 0.1) is 17.5 Å². The molecule has 2 rings (SSSR count). The minimum Gasteiger partial charge on any atom is -0.349 e. The lowest BCUT2D eigenvalue weighted by molar-refractivity contribution is 0.0940. The normalized spacial score (nSPS) is 12.2. The van der Waals surface area contributed by atoms with Crippen molar-refractivity contribution in [2.75, 3.05) is 0 Å². The first kappa shape index (κ1) is 13.3. The van der Waals surface area contributed by atoms with E-state index in [0.29, 0.717) is 11.3 Å². The van der Waals surface area contributed by atoms with E-state index in [-0.39, 0.29) is 17.8 Å². The van der Waals surface area contributed by atoms with Crippen LogP contribution < -0.4 is 5.32 Å². The largest absolute Gasteiger partial charge is 0.349 e. The summed E-state index contributed by atoms with van der Waals surface area (Å²) in [7, 11) is 0. The molecule has 5 heteroatoms. The van der Waals surface area contributed by atoms with Crippen molar-refractivity contribution in [3.8, 4) is 11.3 Å². The van der Waals surface area contributed by atoms with Gasteiger partial charge in [0.1, 0.15) is 5.82 Å². The number of H-pyrrole nitrogens is 1. The molecule has 0 radical (unpaired) electrons. The van der Waals surface area contributed by atoms with Gasteiger partial charge in [0.25, 0.3) is 5.91 Å². The van der Waals surface area contributed by atoms with Crippen molar-refractivity contribution in [3.05, 3.63) is 41.8 Å². The molecule has 4 nitrogen and oxygen atoms in total. The van der Waals surface area contributed by atoms with Crippen LogP contribution in [0.3, 0.4) is 0 Å². The summed E-state index contributed by atoms with van der Waals surface area (Å²) in [6.45, 7) is 3.94. The molecule has 1 heterocycles. The predicted molar refractivity (Wildman–Crippen MR) is 71.2 cm³/mol. The summed E-state index contributed by atoms with van der Waals surface area (Å²) in [4.78, 5) is 12.1. The second kappa shape index (κ2) is 5.65. The zero-order chi connectivity index (χ0) is 13.8. The maximum absolute atomic E-state index is 12.9. The summed E-state index contributed by atoms with van der Waals surface area (Å²) in [5, 5.41) is 9.56. The summed E-state index contributed by atoms with van der Waals surface area (Å²) in [5.41, 5.74) is 1.79. The summed E-state index contributed by atoms with van der Waals surface area (Å²) in [5.74, 6) is -0.490. The highest BCUT2D eigenvalue weighted by molar-refractivity contribution is 5.99. The molecule has 19 heavy (non-hydrogen) atoms. The van der Waals surface area contributed by atoms with Gasteiger partial charge < -0.3 is 5.32 Å². The summed E-state index contributed by atoms with van der Waals surface area (Å²) < 4.78 is 12.9. The number of benzene rings is 1. The summed E-state index contributed by atoms with van der Waals surface area (Å²) in [6, 6.07) is 6.04. The Bertz CT molecular complexity index is 562. The van der Waals surface area contributed by atoms with E-state index in [1.807, 2.05) is 13.8 Å². The van der Waals surface area contributed by atoms with E-state index in [1.54, 1.807) is 12.1 Å². The number of nitrogens with one attached hydrogen (secondary N) is 2. The van der Waals surface area contributed by atoms with Crippen molar-refractivity contribution < 1.29 is 9.18 Å². The molecule has 0 aliphatic heterocycles. The Kier molecular flexibility index (Phi) is 3.94. The molecule has 1 unspecified atom stereocenters. The highest BCUT2D eigenvalue weighted by Crippen LogP contribution is 2.21. The lowest BCUT2D eigenvalue weighted by Crippen LogP contribution is -2.32. The van der Waals surface area contributed by atoms with Crippen molar-refractivity contribution in [3.63, 3.8) is 0 Å². The second-order valence-electron chi connectivity index (χ2n) is 4.45. The minimum atomic E-state index is -0.311. The van der Waals surface area contributed by atoms with E-state index in [0.717, 1.165) is 12.0 Å². The van der Waals surface area contributed by atoms with Crippen molar-refractivity contribution in [2.45, 2.75) is 26.3 Å². The number of hydrogen-bond donors (Lipinski definition) is 2. The highest BCUT2D eigenvalue weighted by atomic mass is 19.1. The number of amides is 1. The molecule has 1 aromatic heterocycles. The lowest BCUT2D eigenvalue weighted by Gasteiger charge is -2.11. The van der Waals surface area contributed by atoms with Crippen LogP contribution in [0.1, 0.15) is 30.6 Å². The Balaban J connectivity index is 2.27. The number of rotatable bonds is 4. The Morgan fingerprint density at radius 1 is 1.42 bits per heavy atom. The maximum atomic E-state index is 12.9. The Labute approximate surface area is 111 Å². The third-order valence-corrected chi connectivity index (χ3v) is 3.01. The van der Waals surface area contributed by atoms with Gasteiger partial charge in [0.2, 0.25) is 0 Å². The SMILES string of the molecule is CCC(C)NC(=O)c1cn[nH]c1-c1ccc(F)cc1. The lowest BCUT2D eigenvalue weighted by atomic mass is 10.1. The van der Waals surface area contributed by atoms with Crippen molar-refractivity contribution >= 4 is 5.91 Å². The number of hydrogen-bond acceptors (Lipinski definition) is 2. The fourth-order valence-corrected chi connectivity index (χ4v) is 1.70. The third kappa shape index (κ3) is 2.99. The van der Waals surface area contributed by atoms with Gasteiger partial charge in [-0.3, -0.25) is 9.89 Å². The average Bonchev–Trinajstić information content (AvgIpc) is 2.88. The van der Waals surface area contributed by atoms with E-state index in [4.69, 9.17) is 0 Å². The molecule has 100 valence electrons. The molecule has 2 aromatic rings. The smallest absolute Gasteiger partial charge is 0.255 e. The minimum absolute atomic E-state index is 0.100. The van der Waals surface area contributed by atoms with Gasteiger partial charge in [-0.25, -0.2) is 4.39 Å². The van der Waals surface area contributed by atoms with E-state index >= 15 is 0 Å².